The van der Waals surface area contributed by atoms with Crippen molar-refractivity contribution in [2.24, 2.45) is 23.4 Å². The molecule has 0 rings (SSSR count). The molecule has 0 atom stereocenters. The lowest BCUT2D eigenvalue weighted by Gasteiger charge is -2.30. The van der Waals surface area contributed by atoms with Gasteiger partial charge in [-0.2, -0.15) is 0 Å². The lowest BCUT2D eigenvalue weighted by Crippen LogP contribution is -2.51. The van der Waals surface area contributed by atoms with Gasteiger partial charge in [-0.15, -0.1) is 5.23 Å². The zero-order chi connectivity index (χ0) is 6.57. The van der Waals surface area contributed by atoms with E-state index in [1.807, 2.05) is 5.53 Å². The minimum absolute atomic E-state index is 0.534. The normalized spacial score (nSPS) is 11.2. The molecule has 50 valence electrons. The second kappa shape index (κ2) is 3.65. The Hall–Kier alpha value is -0.320. The summed E-state index contributed by atoms with van der Waals surface area (Å²) in [5, 5.41) is 1.14. The summed E-state index contributed by atoms with van der Waals surface area (Å²) in [7, 11) is 0. The summed E-state index contributed by atoms with van der Waals surface area (Å²) in [5.41, 5.74) is 5.17. The molecule has 0 aliphatic carbocycles. The summed E-state index contributed by atoms with van der Waals surface area (Å²) >= 11 is 0. The van der Waals surface area contributed by atoms with Crippen LogP contribution in [0.4, 0.5) is 0 Å². The quantitative estimate of drug-likeness (QED) is 0.196. The fourth-order valence-electron chi connectivity index (χ4n) is 0.103. The average molecular weight is 121 g/mol. The summed E-state index contributed by atoms with van der Waals surface area (Å²) < 4.78 is 0. The Labute approximate surface area is 46.1 Å². The highest BCUT2D eigenvalue weighted by molar-refractivity contribution is 4.50. The lowest BCUT2D eigenvalue weighted by molar-refractivity contribution is 0.179. The van der Waals surface area contributed by atoms with Crippen LogP contribution in [0.3, 0.4) is 0 Å². The Kier molecular flexibility index (Phi) is 3.51. The Bertz CT molecular complexity index is 36.0. The first kappa shape index (κ1) is 7.68. The van der Waals surface area contributed by atoms with Crippen molar-refractivity contribution in [2.75, 3.05) is 0 Å². The first-order chi connectivity index (χ1) is 3.63. The molecule has 0 amide bonds. The van der Waals surface area contributed by atoms with Gasteiger partial charge in [0.15, 0.2) is 0 Å². The van der Waals surface area contributed by atoms with Gasteiger partial charge < -0.3 is 11.1 Å². The van der Waals surface area contributed by atoms with Crippen LogP contribution in [-0.2, 0) is 0 Å². The van der Waals surface area contributed by atoms with Crippen LogP contribution >= 0.6 is 0 Å². The van der Waals surface area contributed by atoms with E-state index in [1.165, 1.54) is 0 Å². The minimum atomic E-state index is 0.534. The predicted molar refractivity (Wildman–Crippen MR) is 26.9 cm³/mol. The van der Waals surface area contributed by atoms with E-state index >= 15 is 0 Å². The molecule has 0 aromatic heterocycles. The van der Waals surface area contributed by atoms with Gasteiger partial charge >= 0.3 is 0 Å². The highest BCUT2D eigenvalue weighted by Gasteiger charge is 1.72. The first-order valence-corrected chi connectivity index (χ1v) is 1.68. The largest absolute Gasteiger partial charge is 0.483 e. The lowest BCUT2D eigenvalue weighted by atomic mass is 12.0. The van der Waals surface area contributed by atoms with Crippen molar-refractivity contribution >= 4 is 0 Å². The Balaban J connectivity index is 2.93. The van der Waals surface area contributed by atoms with E-state index in [0.717, 1.165) is 0 Å². The molecule has 8 heavy (non-hydrogen) atoms. The minimum Gasteiger partial charge on any atom is -0.483 e. The molecule has 0 radical (unpaired) electrons. The van der Waals surface area contributed by atoms with E-state index in [9.17, 15) is 0 Å². The molecule has 0 fully saturated rings. The zero-order valence-electron chi connectivity index (χ0n) is 4.15. The van der Waals surface area contributed by atoms with Crippen LogP contribution < -0.4 is 28.9 Å². The molecule has 0 saturated heterocycles. The van der Waals surface area contributed by atoms with E-state index in [-0.39, 0.29) is 0 Å². The molecule has 0 saturated carbocycles. The second-order valence-electron chi connectivity index (χ2n) is 0.987. The van der Waals surface area contributed by atoms with Crippen LogP contribution in [-0.4, -0.2) is 10.5 Å². The maximum Gasteiger partial charge on any atom is -0.134 e. The number of rotatable bonds is 3. The highest BCUT2D eigenvalue weighted by atomic mass is 16.0. The summed E-state index contributed by atoms with van der Waals surface area (Å²) in [6.07, 6.45) is 0. The van der Waals surface area contributed by atoms with Crippen molar-refractivity contribution in [2.45, 2.75) is 0 Å². The number of hydrogen-bond donors (Lipinski definition) is 5. The van der Waals surface area contributed by atoms with E-state index in [1.54, 1.807) is 0 Å². The number of nitrogens with two attached hydrogens (primary N) is 4. The zero-order valence-corrected chi connectivity index (χ0v) is 4.15. The third kappa shape index (κ3) is 5.68. The SMILES string of the molecule is NN(N)[N-]NN(N)N. The van der Waals surface area contributed by atoms with Crippen LogP contribution in [0.15, 0.2) is 0 Å². The van der Waals surface area contributed by atoms with Gasteiger partial charge in [0, 0.05) is 0 Å². The molecule has 8 heteroatoms. The van der Waals surface area contributed by atoms with E-state index in [0.29, 0.717) is 10.5 Å². The van der Waals surface area contributed by atoms with E-state index in [2.05, 4.69) is 5.53 Å². The van der Waals surface area contributed by atoms with E-state index < -0.39 is 0 Å². The monoisotopic (exact) mass is 121 g/mol. The molecule has 0 aromatic rings. The van der Waals surface area contributed by atoms with Gasteiger partial charge in [-0.25, -0.2) is 11.7 Å². The third-order valence-electron chi connectivity index (χ3n) is 0.276. The van der Waals surface area contributed by atoms with Gasteiger partial charge in [0.2, 0.25) is 0 Å². The summed E-state index contributed by atoms with van der Waals surface area (Å²) in [5.74, 6) is 19.2. The smallest absolute Gasteiger partial charge is 0.134 e. The standard InChI is InChI=1S/H9N8/c1-7(2)5-6-8(3)4/h5H,1-4H2/q-1. The number of hydrogen-bond acceptors (Lipinski definition) is 7. The molecule has 8 nitrogen and oxygen atoms in total. The van der Waals surface area contributed by atoms with Gasteiger partial charge in [0.25, 0.3) is 0 Å². The maximum absolute atomic E-state index is 4.81. The molecule has 0 heterocycles. The van der Waals surface area contributed by atoms with Crippen LogP contribution in [0, 0.1) is 0 Å². The molecule has 0 unspecified atom stereocenters. The van der Waals surface area contributed by atoms with Crippen molar-refractivity contribution in [1.82, 2.24) is 16.0 Å². The van der Waals surface area contributed by atoms with Gasteiger partial charge in [-0.05, 0) is 0 Å². The van der Waals surface area contributed by atoms with Gasteiger partial charge in [0.1, 0.15) is 0 Å². The third-order valence-corrected chi connectivity index (χ3v) is 0.276. The molecule has 0 spiro atoms. The first-order valence-electron chi connectivity index (χ1n) is 1.68. The van der Waals surface area contributed by atoms with Crippen molar-refractivity contribution in [3.8, 4) is 0 Å². The van der Waals surface area contributed by atoms with E-state index in [4.69, 9.17) is 23.4 Å². The topological polar surface area (TPSA) is 137 Å². The maximum atomic E-state index is 4.81. The molecule has 0 aromatic carbocycles. The summed E-state index contributed by atoms with van der Waals surface area (Å²) in [6.45, 7) is 0. The van der Waals surface area contributed by atoms with Crippen LogP contribution in [0.25, 0.3) is 5.53 Å². The summed E-state index contributed by atoms with van der Waals surface area (Å²) in [6, 6.07) is 0. The number of nitrogens with zero attached hydrogens (tertiary/aromatic N) is 3. The molecular formula is H9N8-. The van der Waals surface area contributed by atoms with Crippen LogP contribution in [0.2, 0.25) is 0 Å². The van der Waals surface area contributed by atoms with Crippen molar-refractivity contribution < 1.29 is 0 Å². The average Bonchev–Trinajstić information content (AvgIpc) is 1.61. The Morgan fingerprint density at radius 3 is 1.75 bits per heavy atom. The van der Waals surface area contributed by atoms with Crippen molar-refractivity contribution in [3.05, 3.63) is 5.53 Å². The molecular weight excluding hydrogens is 112 g/mol. The molecule has 0 bridgehead atoms. The number of hydrazine groups is 5. The molecule has 9 N–H and O–H groups in total. The van der Waals surface area contributed by atoms with Gasteiger partial charge in [-0.3, -0.25) is 16.9 Å². The Morgan fingerprint density at radius 2 is 1.62 bits per heavy atom. The van der Waals surface area contributed by atoms with Gasteiger partial charge in [-0.1, -0.05) is 0 Å². The molecule has 0 aliphatic rings. The molecule has 0 aliphatic heterocycles. The summed E-state index contributed by atoms with van der Waals surface area (Å²) in [4.78, 5) is 0. The van der Waals surface area contributed by atoms with Crippen molar-refractivity contribution in [1.29, 1.82) is 0 Å². The predicted octanol–water partition coefficient (Wildman–Crippen LogP) is -3.21. The second-order valence-corrected chi connectivity index (χ2v) is 0.987. The fourth-order valence-corrected chi connectivity index (χ4v) is 0.103. The highest BCUT2D eigenvalue weighted by Crippen LogP contribution is 1.70. The van der Waals surface area contributed by atoms with Gasteiger partial charge in [0.05, 0.1) is 0 Å². The Morgan fingerprint density at radius 1 is 1.12 bits per heavy atom. The van der Waals surface area contributed by atoms with Crippen molar-refractivity contribution in [3.63, 3.8) is 0 Å². The van der Waals surface area contributed by atoms with Crippen LogP contribution in [0.5, 0.6) is 0 Å². The fraction of sp³-hybridized carbons (Fsp3) is 0. The number of nitrogens with one attached hydrogen (secondary N) is 1. The van der Waals surface area contributed by atoms with Crippen LogP contribution in [0.1, 0.15) is 0 Å².